The normalized spacial score (nSPS) is 14.1. The predicted octanol–water partition coefficient (Wildman–Crippen LogP) is 9.50. The average molecular weight is 741 g/mol. The Morgan fingerprint density at radius 1 is 0.293 bits per heavy atom. The Morgan fingerprint density at radius 3 is 0.879 bits per heavy atom. The lowest BCUT2D eigenvalue weighted by molar-refractivity contribution is 0.660. The van der Waals surface area contributed by atoms with Crippen LogP contribution < -0.4 is 32.8 Å². The van der Waals surface area contributed by atoms with E-state index < -0.39 is 0 Å². The fourth-order valence-electron chi connectivity index (χ4n) is 10.0. The van der Waals surface area contributed by atoms with Crippen LogP contribution in [0.5, 0.6) is 0 Å². The molecule has 58 heavy (non-hydrogen) atoms. The highest BCUT2D eigenvalue weighted by Gasteiger charge is 2.38. The maximum atomic E-state index is 2.48. The van der Waals surface area contributed by atoms with Gasteiger partial charge in [-0.3, -0.25) is 0 Å². The van der Waals surface area contributed by atoms with Crippen molar-refractivity contribution in [1.29, 1.82) is 0 Å². The van der Waals surface area contributed by atoms with Gasteiger partial charge in [-0.05, 0) is 55.6 Å². The van der Waals surface area contributed by atoms with Crippen LogP contribution in [-0.2, 0) is 10.8 Å². The molecule has 0 saturated carbocycles. The molecule has 0 saturated heterocycles. The Balaban J connectivity index is 0.942. The van der Waals surface area contributed by atoms with Crippen molar-refractivity contribution in [2.45, 2.75) is 38.5 Å². The zero-order chi connectivity index (χ0) is 39.4. The average Bonchev–Trinajstić information content (AvgIpc) is 3.63. The third-order valence-corrected chi connectivity index (χ3v) is 13.1. The van der Waals surface area contributed by atoms with Crippen molar-refractivity contribution in [2.75, 3.05) is 0 Å². The molecule has 0 amide bonds. The number of benzene rings is 8. The molecule has 0 radical (unpaired) electrons. The molecular weight excluding hydrogens is 694 g/mol. The van der Waals surface area contributed by atoms with E-state index in [4.69, 9.17) is 0 Å². The van der Waals surface area contributed by atoms with Gasteiger partial charge in [0.25, 0.3) is 0 Å². The largest absolute Gasteiger partial charge is 0.241 e. The molecule has 0 spiro atoms. The number of hydrogen-bond donors (Lipinski definition) is 0. The molecule has 2 heteroatoms. The summed E-state index contributed by atoms with van der Waals surface area (Å²) in [6.45, 7) is 9.92. The van der Waals surface area contributed by atoms with E-state index in [9.17, 15) is 0 Å². The van der Waals surface area contributed by atoms with Gasteiger partial charge in [-0.1, -0.05) is 267 Å². The summed E-state index contributed by atoms with van der Waals surface area (Å²) in [7, 11) is 0. The van der Waals surface area contributed by atoms with Gasteiger partial charge in [0.05, 0.1) is 0 Å². The summed E-state index contributed by atoms with van der Waals surface area (Å²) in [5.74, 6) is 0. The van der Waals surface area contributed by atoms with E-state index in [0.717, 1.165) is 0 Å². The summed E-state index contributed by atoms with van der Waals surface area (Å²) in [4.78, 5) is 0. The van der Waals surface area contributed by atoms with E-state index >= 15 is 0 Å². The molecule has 2 aliphatic carbocycles. The van der Waals surface area contributed by atoms with Gasteiger partial charge >= 0.3 is 0 Å². The first-order chi connectivity index (χ1) is 28.3. The van der Waals surface area contributed by atoms with Gasteiger partial charge in [0.1, 0.15) is 0 Å². The van der Waals surface area contributed by atoms with E-state index in [1.165, 1.54) is 88.4 Å². The van der Waals surface area contributed by atoms with Crippen LogP contribution in [0.3, 0.4) is 0 Å². The summed E-state index contributed by atoms with van der Waals surface area (Å²) >= 11 is 0. The number of fused-ring (bicyclic) bond motifs is 6. The summed E-state index contributed by atoms with van der Waals surface area (Å²) < 4.78 is 0. The minimum absolute atomic E-state index is 0.120. The van der Waals surface area contributed by atoms with Gasteiger partial charge in [0.15, 0.2) is 0 Å². The molecule has 276 valence electrons. The SMILES string of the molecule is CC1(C)c2cc(/C=C/c3ccc4c(c3)C(C)(C)c3cc(B(c5ccccc5)c5ccccc5)ccc3-4)ccc2-c2ccc(B(c3ccccc3)c3ccccc3)cc21. The highest BCUT2D eigenvalue weighted by molar-refractivity contribution is 6.96. The molecule has 0 N–H and O–H groups in total. The quantitative estimate of drug-likeness (QED) is 0.108. The second kappa shape index (κ2) is 14.2. The fourth-order valence-corrected chi connectivity index (χ4v) is 10.0. The Hall–Kier alpha value is -6.37. The summed E-state index contributed by atoms with van der Waals surface area (Å²) in [5.41, 5.74) is 21.1. The topological polar surface area (TPSA) is 0 Å². The molecule has 0 fully saturated rings. The van der Waals surface area contributed by atoms with Crippen molar-refractivity contribution in [3.8, 4) is 22.3 Å². The van der Waals surface area contributed by atoms with E-state index in [-0.39, 0.29) is 24.3 Å². The van der Waals surface area contributed by atoms with Crippen molar-refractivity contribution >= 4 is 58.4 Å². The molecule has 0 nitrogen and oxygen atoms in total. The minimum atomic E-state index is -0.120. The number of hydrogen-bond acceptors (Lipinski definition) is 0. The van der Waals surface area contributed by atoms with Gasteiger partial charge in [-0.25, -0.2) is 0 Å². The van der Waals surface area contributed by atoms with E-state index in [2.05, 4.69) is 234 Å². The molecule has 0 bridgehead atoms. The first-order valence-electron chi connectivity index (χ1n) is 20.7. The van der Waals surface area contributed by atoms with Gasteiger partial charge in [-0.15, -0.1) is 0 Å². The molecule has 0 atom stereocenters. The Morgan fingerprint density at radius 2 is 0.569 bits per heavy atom. The molecule has 8 aromatic carbocycles. The van der Waals surface area contributed by atoms with Crippen LogP contribution in [0.25, 0.3) is 34.4 Å². The number of rotatable bonds is 8. The summed E-state index contributed by atoms with van der Waals surface area (Å²) in [6.07, 6.45) is 4.59. The second-order valence-electron chi connectivity index (χ2n) is 17.3. The highest BCUT2D eigenvalue weighted by Crippen LogP contribution is 2.50. The standard InChI is InChI=1S/C56H46B2/c1-55(2)51-35-39(27-31-47(51)49-33-29-45(37-53(49)55)57(41-17-9-5-10-18-41)42-19-11-6-12-20-42)25-26-40-28-32-48-50-34-30-46(38-54(50)56(3,4)52(48)36-40)58(43-21-13-7-14-22-43)44-23-15-8-16-24-44/h5-38H,1-4H3/b26-25+. The van der Waals surface area contributed by atoms with Crippen molar-refractivity contribution in [2.24, 2.45) is 0 Å². The van der Waals surface area contributed by atoms with Crippen LogP contribution in [0, 0.1) is 0 Å². The van der Waals surface area contributed by atoms with E-state index in [1.54, 1.807) is 0 Å². The first-order valence-corrected chi connectivity index (χ1v) is 20.7. The second-order valence-corrected chi connectivity index (χ2v) is 17.3. The van der Waals surface area contributed by atoms with Crippen LogP contribution >= 0.6 is 0 Å². The zero-order valence-electron chi connectivity index (χ0n) is 33.8. The van der Waals surface area contributed by atoms with Crippen molar-refractivity contribution in [1.82, 2.24) is 0 Å². The maximum absolute atomic E-state index is 2.48. The molecule has 2 aliphatic rings. The zero-order valence-corrected chi connectivity index (χ0v) is 33.8. The highest BCUT2D eigenvalue weighted by atomic mass is 14.4. The molecule has 0 aliphatic heterocycles. The molecular formula is C56H46B2. The molecule has 8 aromatic rings. The predicted molar refractivity (Wildman–Crippen MR) is 252 cm³/mol. The van der Waals surface area contributed by atoms with Crippen molar-refractivity contribution < 1.29 is 0 Å². The lowest BCUT2D eigenvalue weighted by Gasteiger charge is -2.24. The first kappa shape index (κ1) is 36.0. The minimum Gasteiger partial charge on any atom is -0.0687 e. The smallest absolute Gasteiger partial charge is 0.0687 e. The van der Waals surface area contributed by atoms with Crippen LogP contribution in [0.2, 0.25) is 0 Å². The molecule has 0 heterocycles. The van der Waals surface area contributed by atoms with Gasteiger partial charge in [0.2, 0.25) is 13.4 Å². The van der Waals surface area contributed by atoms with Crippen LogP contribution in [-0.4, -0.2) is 13.4 Å². The van der Waals surface area contributed by atoms with E-state index in [1.807, 2.05) is 0 Å². The van der Waals surface area contributed by atoms with Crippen molar-refractivity contribution in [3.05, 3.63) is 228 Å². The lowest BCUT2D eigenvalue weighted by Crippen LogP contribution is -2.52. The third-order valence-electron chi connectivity index (χ3n) is 13.1. The van der Waals surface area contributed by atoms with Gasteiger partial charge < -0.3 is 0 Å². The van der Waals surface area contributed by atoms with Crippen LogP contribution in [0.15, 0.2) is 194 Å². The van der Waals surface area contributed by atoms with Crippen LogP contribution in [0.4, 0.5) is 0 Å². The van der Waals surface area contributed by atoms with Gasteiger partial charge in [0, 0.05) is 10.8 Å². The third kappa shape index (κ3) is 6.11. The Kier molecular flexibility index (Phi) is 8.83. The van der Waals surface area contributed by atoms with Crippen LogP contribution in [0.1, 0.15) is 61.1 Å². The van der Waals surface area contributed by atoms with E-state index in [0.29, 0.717) is 0 Å². The molecule has 0 unspecified atom stereocenters. The molecule has 10 rings (SSSR count). The maximum Gasteiger partial charge on any atom is 0.241 e. The summed E-state index contributed by atoms with van der Waals surface area (Å²) in [6, 6.07) is 72.2. The lowest BCUT2D eigenvalue weighted by atomic mass is 9.36. The fraction of sp³-hybridized carbons (Fsp3) is 0.107. The Labute approximate surface area is 345 Å². The Bertz CT molecular complexity index is 2540. The summed E-state index contributed by atoms with van der Waals surface area (Å²) in [5, 5.41) is 0. The molecule has 0 aromatic heterocycles. The van der Waals surface area contributed by atoms with Gasteiger partial charge in [-0.2, -0.15) is 0 Å². The monoisotopic (exact) mass is 740 g/mol. The van der Waals surface area contributed by atoms with Crippen molar-refractivity contribution in [3.63, 3.8) is 0 Å².